The number of benzene rings is 1. The smallest absolute Gasteiger partial charge is 0.217 e. The Morgan fingerprint density at radius 3 is 1.60 bits per heavy atom. The van der Waals surface area contributed by atoms with E-state index in [1.165, 1.54) is 207 Å². The van der Waals surface area contributed by atoms with E-state index in [9.17, 15) is 0 Å². The second kappa shape index (κ2) is 30.0. The van der Waals surface area contributed by atoms with Crippen LogP contribution in [-0.2, 0) is 25.7 Å². The van der Waals surface area contributed by atoms with E-state index in [2.05, 4.69) is 176 Å². The Morgan fingerprint density at radius 2 is 0.968 bits per heavy atom. The third-order valence-corrected chi connectivity index (χ3v) is 22.7. The molecule has 16 heterocycles. The zero-order chi connectivity index (χ0) is 65.9. The van der Waals surface area contributed by atoms with Crippen LogP contribution in [0.5, 0.6) is 11.6 Å². The van der Waals surface area contributed by atoms with Gasteiger partial charge in [0.2, 0.25) is 5.88 Å². The lowest BCUT2D eigenvalue weighted by Gasteiger charge is -2.38. The van der Waals surface area contributed by atoms with Crippen LogP contribution in [0.25, 0.3) is 22.3 Å². The van der Waals surface area contributed by atoms with Crippen LogP contribution in [0.4, 0.5) is 22.7 Å². The molecular weight excluding hydrogens is 1200 g/mol. The van der Waals surface area contributed by atoms with Crippen molar-refractivity contribution in [3.05, 3.63) is 134 Å². The van der Waals surface area contributed by atoms with Gasteiger partial charge in [0.05, 0.1) is 42.2 Å². The van der Waals surface area contributed by atoms with Crippen LogP contribution >= 0.6 is 11.6 Å². The minimum absolute atomic E-state index is 0.405. The van der Waals surface area contributed by atoms with Gasteiger partial charge in [0.25, 0.3) is 0 Å². The number of nitrogens with zero attached hydrogens (tertiary/aromatic N) is 13. The molecule has 0 unspecified atom stereocenters. The first-order chi connectivity index (χ1) is 46.2. The van der Waals surface area contributed by atoms with Crippen molar-refractivity contribution >= 4 is 45.3 Å². The summed E-state index contributed by atoms with van der Waals surface area (Å²) in [5, 5.41) is 5.12. The number of anilines is 4. The topological polar surface area (TPSA) is 134 Å². The number of pyridine rings is 5. The molecule has 0 saturated carbocycles. The Bertz CT molecular complexity index is 3770. The van der Waals surface area contributed by atoms with Crippen molar-refractivity contribution in [3.8, 4) is 23.0 Å². The molecule has 7 aromatic rings. The number of hydrogen-bond acceptors (Lipinski definition) is 17. The number of rotatable bonds is 6. The molecule has 10 aliphatic rings. The third-order valence-electron chi connectivity index (χ3n) is 22.5. The van der Waals surface area contributed by atoms with Gasteiger partial charge in [-0.2, -0.15) is 0 Å². The van der Waals surface area contributed by atoms with Gasteiger partial charge in [-0.25, -0.2) is 9.97 Å². The molecule has 95 heavy (non-hydrogen) atoms. The average molecular weight is 1310 g/mol. The van der Waals surface area contributed by atoms with Crippen molar-refractivity contribution in [1.29, 1.82) is 0 Å². The van der Waals surface area contributed by atoms with Gasteiger partial charge >= 0.3 is 0 Å². The van der Waals surface area contributed by atoms with Gasteiger partial charge in [-0.3, -0.25) is 39.5 Å². The average Bonchev–Trinajstić information content (AvgIpc) is 1.77. The molecular formula is C77H105ClN14O3. The highest BCUT2D eigenvalue weighted by atomic mass is 35.5. The fraction of sp³-hybridized carbons (Fsp3) is 0.571. The van der Waals surface area contributed by atoms with E-state index in [-0.39, 0.29) is 0 Å². The number of likely N-dealkylation sites (tertiary alicyclic amines) is 5. The van der Waals surface area contributed by atoms with Crippen molar-refractivity contribution in [2.45, 2.75) is 160 Å². The molecule has 5 saturated heterocycles. The number of aromatic nitrogens is 5. The molecule has 18 heteroatoms. The highest BCUT2D eigenvalue weighted by Crippen LogP contribution is 2.47. The van der Waals surface area contributed by atoms with Crippen molar-refractivity contribution in [3.63, 3.8) is 0 Å². The number of fused-ring (bicyclic) bond motifs is 6. The first-order valence-corrected chi connectivity index (χ1v) is 36.4. The quantitative estimate of drug-likeness (QED) is 0.158. The molecule has 0 aliphatic carbocycles. The number of hydrogen-bond donors (Lipinski definition) is 1. The molecule has 0 bridgehead atoms. The van der Waals surface area contributed by atoms with E-state index < -0.39 is 0 Å². The summed E-state index contributed by atoms with van der Waals surface area (Å²) < 4.78 is 17.8. The summed E-state index contributed by atoms with van der Waals surface area (Å²) in [7, 11) is 17.7. The number of likely N-dealkylation sites (N-methyl/N-ethyl adjacent to an activating group) is 2. The second-order valence-electron chi connectivity index (χ2n) is 28.7. The zero-order valence-corrected chi connectivity index (χ0v) is 59.4. The van der Waals surface area contributed by atoms with E-state index in [0.717, 1.165) is 99.1 Å². The number of furan rings is 1. The van der Waals surface area contributed by atoms with Gasteiger partial charge < -0.3 is 33.9 Å². The first kappa shape index (κ1) is 67.0. The molecule has 508 valence electrons. The first-order valence-electron chi connectivity index (χ1n) is 36.0. The summed E-state index contributed by atoms with van der Waals surface area (Å²) in [6.07, 6.45) is 34.0. The summed E-state index contributed by atoms with van der Waals surface area (Å²) in [6, 6.07) is 13.0. The molecule has 0 radical (unpaired) electrons. The van der Waals surface area contributed by atoms with Crippen LogP contribution in [0.15, 0.2) is 71.9 Å². The van der Waals surface area contributed by atoms with Crippen LogP contribution in [0.1, 0.15) is 182 Å². The molecule has 1 aromatic carbocycles. The largest absolute Gasteiger partial charge is 0.490 e. The lowest BCUT2D eigenvalue weighted by Crippen LogP contribution is -2.38. The van der Waals surface area contributed by atoms with Crippen LogP contribution in [0.2, 0.25) is 5.15 Å². The van der Waals surface area contributed by atoms with Crippen molar-refractivity contribution in [1.82, 2.24) is 49.4 Å². The predicted octanol–water partition coefficient (Wildman–Crippen LogP) is 14.2. The van der Waals surface area contributed by atoms with Gasteiger partial charge in [0, 0.05) is 153 Å². The van der Waals surface area contributed by atoms with Crippen LogP contribution < -0.4 is 29.5 Å². The van der Waals surface area contributed by atoms with Crippen molar-refractivity contribution < 1.29 is 13.9 Å². The van der Waals surface area contributed by atoms with Crippen LogP contribution in [0, 0.1) is 13.8 Å². The standard InChI is InChI=1S/C21H22N2O2.C15H24N4.C15H23N3.C13H17ClN2O.C13H19N3/c1-23-10-4-8-17(23)16-13-22-21-15(7-5-11-24-21)20(16)19-12-14-6-2-3-9-18(14)25-19;1-11-14-15(19(4)9-8-18(14)3)12(10-16-11)13-6-5-7-17(13)2;1-11-12-6-4-9-18(3)15(12)13(10-16-11)14-7-5-8-17(14)2;1-16-6-2-5-11(16)10-8-15-13(14)12-9(10)4-3-7-17-12;1-16-7-3-5-13(16)11-8-14-9-12-10(11)4-2-6-15-12/h2-3,6,9,12-13,17H,4-5,7-8,10-11H2,1H3;10,13H,5-9H2,1-4H3;10,14H,4-9H2,1-3H3;8,11H,2-7H2,1H3;8-9,13,15H,2-7H2,1H3/t17-;13-;14-;11-;13-/m00000/s1. The molecule has 17 nitrogen and oxygen atoms in total. The van der Waals surface area contributed by atoms with E-state index in [4.69, 9.17) is 25.5 Å². The summed E-state index contributed by atoms with van der Waals surface area (Å²) in [6.45, 7) is 16.2. The highest BCUT2D eigenvalue weighted by molar-refractivity contribution is 6.31. The Kier molecular flexibility index (Phi) is 21.2. The van der Waals surface area contributed by atoms with Crippen LogP contribution in [0.3, 0.4) is 0 Å². The summed E-state index contributed by atoms with van der Waals surface area (Å²) in [4.78, 5) is 42.1. The Hall–Kier alpha value is -6.60. The minimum Gasteiger partial charge on any atom is -0.490 e. The van der Waals surface area contributed by atoms with Crippen LogP contribution in [-0.4, -0.2) is 178 Å². The minimum atomic E-state index is 0.405. The van der Waals surface area contributed by atoms with Gasteiger partial charge in [-0.1, -0.05) is 29.8 Å². The van der Waals surface area contributed by atoms with E-state index in [1.54, 1.807) is 0 Å². The lowest BCUT2D eigenvalue weighted by atomic mass is 9.92. The summed E-state index contributed by atoms with van der Waals surface area (Å²) in [5.74, 6) is 2.56. The maximum absolute atomic E-state index is 6.25. The fourth-order valence-corrected chi connectivity index (χ4v) is 17.5. The highest BCUT2D eigenvalue weighted by Gasteiger charge is 2.35. The van der Waals surface area contributed by atoms with Gasteiger partial charge in [-0.15, -0.1) is 0 Å². The van der Waals surface area contributed by atoms with E-state index in [0.29, 0.717) is 35.4 Å². The van der Waals surface area contributed by atoms with Gasteiger partial charge in [0.1, 0.15) is 11.3 Å². The SMILES string of the molecule is CN1CCC[C@H]1c1cnc(Cl)c2c1CCCO2.CN1CCC[C@H]1c1cnc2c(c1-c1cc3ccccc3o1)CCCO2.CN1CCC[C@H]1c1cncc2c1CCCN2.Cc1ncc([C@@H]2CCCN2C)c2c1CCCN2C.Cc1ncc([C@@H]2CCCN2C)c2c1N(C)CCN2C. The Morgan fingerprint density at radius 1 is 0.453 bits per heavy atom. The molecule has 6 aromatic heterocycles. The number of aryl methyl sites for hydroxylation is 2. The lowest BCUT2D eigenvalue weighted by molar-refractivity contribution is 0.274. The van der Waals surface area contributed by atoms with Crippen molar-refractivity contribution in [2.24, 2.45) is 0 Å². The summed E-state index contributed by atoms with van der Waals surface area (Å²) in [5.41, 5.74) is 22.4. The maximum Gasteiger partial charge on any atom is 0.217 e. The molecule has 5 fully saturated rings. The molecule has 5 atom stereocenters. The number of halogens is 1. The number of para-hydroxylation sites is 1. The molecule has 0 spiro atoms. The molecule has 17 rings (SSSR count). The zero-order valence-electron chi connectivity index (χ0n) is 58.7. The van der Waals surface area contributed by atoms with E-state index in [1.807, 2.05) is 30.7 Å². The van der Waals surface area contributed by atoms with E-state index >= 15 is 0 Å². The second-order valence-corrected chi connectivity index (χ2v) is 29.1. The van der Waals surface area contributed by atoms with Crippen molar-refractivity contribution in [2.75, 3.05) is 149 Å². The third kappa shape index (κ3) is 14.1. The monoisotopic (exact) mass is 1310 g/mol. The molecule has 1 N–H and O–H groups in total. The molecule has 10 aliphatic heterocycles. The van der Waals surface area contributed by atoms with Gasteiger partial charge in [0.15, 0.2) is 10.9 Å². The number of ether oxygens (including phenoxy) is 2. The van der Waals surface area contributed by atoms with Gasteiger partial charge in [-0.05, 0) is 237 Å². The maximum atomic E-state index is 6.25. The Balaban J connectivity index is 0.000000109. The summed E-state index contributed by atoms with van der Waals surface area (Å²) >= 11 is 6.11. The predicted molar refractivity (Wildman–Crippen MR) is 386 cm³/mol. The fourth-order valence-electron chi connectivity index (χ4n) is 17.3. The normalized spacial score (nSPS) is 23.4. The number of nitrogens with one attached hydrogen (secondary N) is 1. The Labute approximate surface area is 570 Å². The molecule has 0 amide bonds.